The number of aryl methyl sites for hydroxylation is 1. The van der Waals surface area contributed by atoms with Crippen molar-refractivity contribution in [2.24, 2.45) is 0 Å². The number of thioether (sulfide) groups is 1. The van der Waals surface area contributed by atoms with Crippen LogP contribution in [0.5, 0.6) is 5.75 Å². The molecule has 2 aromatic heterocycles. The van der Waals surface area contributed by atoms with Crippen molar-refractivity contribution < 1.29 is 9.53 Å². The lowest BCUT2D eigenvalue weighted by atomic mass is 10.1. The van der Waals surface area contributed by atoms with Crippen LogP contribution < -0.4 is 10.1 Å². The monoisotopic (exact) mass is 439 g/mol. The Bertz CT molecular complexity index is 1210. The van der Waals surface area contributed by atoms with Gasteiger partial charge in [-0.15, -0.1) is 10.2 Å². The molecule has 4 rings (SSSR count). The Labute approximate surface area is 182 Å². The van der Waals surface area contributed by atoms with Gasteiger partial charge in [0, 0.05) is 10.6 Å². The minimum Gasteiger partial charge on any atom is -0.495 e. The molecule has 152 valence electrons. The number of hydrogen-bond donors (Lipinski definition) is 1. The number of nitrogens with one attached hydrogen (secondary N) is 1. The first-order valence-electron chi connectivity index (χ1n) is 9.09. The van der Waals surface area contributed by atoms with E-state index in [1.165, 1.54) is 24.4 Å². The maximum atomic E-state index is 12.4. The maximum Gasteiger partial charge on any atom is 0.234 e. The second-order valence-corrected chi connectivity index (χ2v) is 7.90. The fraction of sp³-hybridized carbons (Fsp3) is 0.143. The van der Waals surface area contributed by atoms with Crippen LogP contribution in [0.3, 0.4) is 0 Å². The number of aromatic nitrogens is 4. The molecule has 0 fully saturated rings. The summed E-state index contributed by atoms with van der Waals surface area (Å²) in [5.74, 6) is 0.453. The van der Waals surface area contributed by atoms with E-state index in [0.717, 1.165) is 11.3 Å². The van der Waals surface area contributed by atoms with Crippen molar-refractivity contribution in [3.63, 3.8) is 0 Å². The molecule has 0 aliphatic heterocycles. The molecule has 7 nitrogen and oxygen atoms in total. The molecule has 1 amide bonds. The van der Waals surface area contributed by atoms with Crippen molar-refractivity contribution in [1.82, 2.24) is 19.8 Å². The average molecular weight is 440 g/mol. The molecule has 0 aliphatic rings. The van der Waals surface area contributed by atoms with Gasteiger partial charge in [0.15, 0.2) is 5.65 Å². The fourth-order valence-corrected chi connectivity index (χ4v) is 3.69. The van der Waals surface area contributed by atoms with Gasteiger partial charge in [0.05, 0.1) is 24.2 Å². The molecule has 4 aromatic rings. The molecule has 0 spiro atoms. The molecule has 2 heterocycles. The Morgan fingerprint density at radius 2 is 1.93 bits per heavy atom. The summed E-state index contributed by atoms with van der Waals surface area (Å²) in [5.41, 5.74) is 4.12. The van der Waals surface area contributed by atoms with Gasteiger partial charge in [0.1, 0.15) is 5.75 Å². The molecule has 0 saturated carbocycles. The van der Waals surface area contributed by atoms with Crippen LogP contribution in [-0.4, -0.2) is 38.6 Å². The van der Waals surface area contributed by atoms with E-state index in [2.05, 4.69) is 20.6 Å². The molecule has 30 heavy (non-hydrogen) atoms. The summed E-state index contributed by atoms with van der Waals surface area (Å²) in [6.45, 7) is 2.04. The Kier molecular flexibility index (Phi) is 5.87. The van der Waals surface area contributed by atoms with Crippen molar-refractivity contribution in [3.05, 3.63) is 65.2 Å². The molecule has 0 saturated heterocycles. The number of methoxy groups -OCH3 is 1. The predicted octanol–water partition coefficient (Wildman–Crippen LogP) is 4.49. The van der Waals surface area contributed by atoms with Crippen molar-refractivity contribution in [3.8, 4) is 17.0 Å². The van der Waals surface area contributed by atoms with E-state index in [-0.39, 0.29) is 11.7 Å². The van der Waals surface area contributed by atoms with Gasteiger partial charge < -0.3 is 10.1 Å². The summed E-state index contributed by atoms with van der Waals surface area (Å²) in [5, 5.41) is 16.8. The number of rotatable bonds is 6. The number of hydrogen-bond acceptors (Lipinski definition) is 6. The van der Waals surface area contributed by atoms with Gasteiger partial charge in [-0.3, -0.25) is 4.79 Å². The van der Waals surface area contributed by atoms with Crippen molar-refractivity contribution in [2.75, 3.05) is 18.2 Å². The zero-order valence-electron chi connectivity index (χ0n) is 16.3. The number of anilines is 1. The van der Waals surface area contributed by atoms with Crippen LogP contribution in [0.4, 0.5) is 5.69 Å². The lowest BCUT2D eigenvalue weighted by Gasteiger charge is -2.10. The minimum absolute atomic E-state index is 0.132. The van der Waals surface area contributed by atoms with Gasteiger partial charge >= 0.3 is 0 Å². The number of carbonyl (C=O) groups excluding carboxylic acids is 1. The van der Waals surface area contributed by atoms with Crippen LogP contribution in [0.1, 0.15) is 5.56 Å². The van der Waals surface area contributed by atoms with Gasteiger partial charge in [-0.25, -0.2) is 0 Å². The predicted molar refractivity (Wildman–Crippen MR) is 118 cm³/mol. The SMILES string of the molecule is COc1ccc(Cl)cc1NC(=O)CSc1nnc2ccc(-c3ccc(C)cc3)nn12. The Balaban J connectivity index is 1.50. The van der Waals surface area contributed by atoms with Crippen LogP contribution in [0.25, 0.3) is 16.9 Å². The van der Waals surface area contributed by atoms with Crippen LogP contribution in [0.2, 0.25) is 5.02 Å². The Morgan fingerprint density at radius 3 is 2.70 bits per heavy atom. The minimum atomic E-state index is -0.216. The first-order chi connectivity index (χ1) is 14.5. The molecule has 2 aromatic carbocycles. The standard InChI is InChI=1S/C21H18ClN5O2S/c1-13-3-5-14(6-4-13)16-8-10-19-24-25-21(27(19)26-16)30-12-20(28)23-17-11-15(22)7-9-18(17)29-2/h3-11H,12H2,1-2H3,(H,23,28). The molecule has 0 unspecified atom stereocenters. The summed E-state index contributed by atoms with van der Waals surface area (Å²) in [6.07, 6.45) is 0. The van der Waals surface area contributed by atoms with Gasteiger partial charge in [-0.1, -0.05) is 53.2 Å². The van der Waals surface area contributed by atoms with Gasteiger partial charge in [-0.05, 0) is 37.3 Å². The molecule has 0 radical (unpaired) electrons. The number of nitrogens with zero attached hydrogens (tertiary/aromatic N) is 4. The average Bonchev–Trinajstić information content (AvgIpc) is 3.15. The maximum absolute atomic E-state index is 12.4. The fourth-order valence-electron chi connectivity index (χ4n) is 2.83. The number of carbonyl (C=O) groups is 1. The molecular formula is C21H18ClN5O2S. The van der Waals surface area contributed by atoms with Crippen molar-refractivity contribution in [2.45, 2.75) is 12.1 Å². The smallest absolute Gasteiger partial charge is 0.234 e. The molecule has 0 bridgehead atoms. The van der Waals surface area contributed by atoms with E-state index in [4.69, 9.17) is 16.3 Å². The lowest BCUT2D eigenvalue weighted by Crippen LogP contribution is -2.15. The number of amides is 1. The number of ether oxygens (including phenoxy) is 1. The van der Waals surface area contributed by atoms with Gasteiger partial charge in [-0.2, -0.15) is 9.61 Å². The molecular weight excluding hydrogens is 422 g/mol. The van der Waals surface area contributed by atoms with Crippen LogP contribution in [0, 0.1) is 6.92 Å². The third-order valence-electron chi connectivity index (χ3n) is 4.35. The highest BCUT2D eigenvalue weighted by molar-refractivity contribution is 7.99. The van der Waals surface area contributed by atoms with Gasteiger partial charge in [0.25, 0.3) is 0 Å². The first kappa shape index (κ1) is 20.2. The summed E-state index contributed by atoms with van der Waals surface area (Å²) < 4.78 is 6.90. The number of benzene rings is 2. The second kappa shape index (κ2) is 8.73. The Hall–Kier alpha value is -3.10. The van der Waals surface area contributed by atoms with Crippen molar-refractivity contribution in [1.29, 1.82) is 0 Å². The quantitative estimate of drug-likeness (QED) is 0.446. The first-order valence-corrected chi connectivity index (χ1v) is 10.5. The normalized spacial score (nSPS) is 10.9. The topological polar surface area (TPSA) is 81.4 Å². The molecule has 0 aliphatic carbocycles. The van der Waals surface area contributed by atoms with Crippen molar-refractivity contribution >= 4 is 40.6 Å². The Morgan fingerprint density at radius 1 is 1.13 bits per heavy atom. The van der Waals surface area contributed by atoms with Crippen LogP contribution >= 0.6 is 23.4 Å². The molecule has 9 heteroatoms. The van der Waals surface area contributed by atoms with E-state index in [1.807, 2.05) is 43.3 Å². The zero-order chi connectivity index (χ0) is 21.1. The zero-order valence-corrected chi connectivity index (χ0v) is 17.9. The van der Waals surface area contributed by atoms with E-state index in [1.54, 1.807) is 22.7 Å². The van der Waals surface area contributed by atoms with Crippen LogP contribution in [0.15, 0.2) is 59.8 Å². The van der Waals surface area contributed by atoms with Gasteiger partial charge in [0.2, 0.25) is 11.1 Å². The number of halogens is 1. The van der Waals surface area contributed by atoms with E-state index < -0.39 is 0 Å². The lowest BCUT2D eigenvalue weighted by molar-refractivity contribution is -0.113. The summed E-state index contributed by atoms with van der Waals surface area (Å²) >= 11 is 7.26. The van der Waals surface area contributed by atoms with E-state index in [9.17, 15) is 4.79 Å². The second-order valence-electron chi connectivity index (χ2n) is 6.52. The molecule has 0 atom stereocenters. The third kappa shape index (κ3) is 4.39. The summed E-state index contributed by atoms with van der Waals surface area (Å²) in [6, 6.07) is 16.9. The highest BCUT2D eigenvalue weighted by Crippen LogP contribution is 2.28. The third-order valence-corrected chi connectivity index (χ3v) is 5.50. The highest BCUT2D eigenvalue weighted by atomic mass is 35.5. The van der Waals surface area contributed by atoms with E-state index >= 15 is 0 Å². The van der Waals surface area contributed by atoms with Crippen LogP contribution in [-0.2, 0) is 4.79 Å². The largest absolute Gasteiger partial charge is 0.495 e. The summed E-state index contributed by atoms with van der Waals surface area (Å²) in [7, 11) is 1.54. The molecule has 1 N–H and O–H groups in total. The van der Waals surface area contributed by atoms with E-state index in [0.29, 0.717) is 27.3 Å². The summed E-state index contributed by atoms with van der Waals surface area (Å²) in [4.78, 5) is 12.4. The number of fused-ring (bicyclic) bond motifs is 1. The highest BCUT2D eigenvalue weighted by Gasteiger charge is 2.13.